The highest BCUT2D eigenvalue weighted by Gasteiger charge is 2.22. The molecule has 0 aliphatic carbocycles. The lowest BCUT2D eigenvalue weighted by molar-refractivity contribution is 0.435. The predicted octanol–water partition coefficient (Wildman–Crippen LogP) is 0.640. The van der Waals surface area contributed by atoms with Gasteiger partial charge in [-0.2, -0.15) is 18.0 Å². The summed E-state index contributed by atoms with van der Waals surface area (Å²) >= 11 is 0. The number of nitrogens with zero attached hydrogens (tertiary/aromatic N) is 2. The number of hydrogen-bond acceptors (Lipinski definition) is 5. The molecular formula is C12H14N2O4S2. The number of nitriles is 1. The zero-order valence-electron chi connectivity index (χ0n) is 10.9. The Balaban J connectivity index is 3.09. The van der Waals surface area contributed by atoms with Gasteiger partial charge < -0.3 is 0 Å². The van der Waals surface area contributed by atoms with Crippen molar-refractivity contribution in [2.75, 3.05) is 13.1 Å². The van der Waals surface area contributed by atoms with Gasteiger partial charge in [-0.1, -0.05) is 19.1 Å². The Morgan fingerprint density at radius 3 is 2.35 bits per heavy atom. The molecule has 1 rings (SSSR count). The summed E-state index contributed by atoms with van der Waals surface area (Å²) in [4.78, 5) is 0.0751. The minimum absolute atomic E-state index is 0.0751. The average molecular weight is 314 g/mol. The largest absolute Gasteiger partial charge is 0.243 e. The highest BCUT2D eigenvalue weighted by atomic mass is 32.2. The van der Waals surface area contributed by atoms with Crippen LogP contribution in [0.4, 0.5) is 0 Å². The minimum atomic E-state index is -3.65. The van der Waals surface area contributed by atoms with E-state index in [1.54, 1.807) is 6.92 Å². The van der Waals surface area contributed by atoms with Crippen LogP contribution in [0, 0.1) is 11.3 Å². The van der Waals surface area contributed by atoms with E-state index in [0.29, 0.717) is 5.56 Å². The van der Waals surface area contributed by atoms with Gasteiger partial charge in [0.05, 0.1) is 16.3 Å². The molecule has 0 amide bonds. The van der Waals surface area contributed by atoms with Gasteiger partial charge in [0.15, 0.2) is 0 Å². The Labute approximate surface area is 119 Å². The van der Waals surface area contributed by atoms with E-state index in [2.05, 4.69) is 0 Å². The summed E-state index contributed by atoms with van der Waals surface area (Å²) in [6, 6.07) is 7.44. The Morgan fingerprint density at radius 2 is 1.90 bits per heavy atom. The van der Waals surface area contributed by atoms with Gasteiger partial charge in [0.25, 0.3) is 0 Å². The molecule has 1 aromatic rings. The number of hydrogen-bond donors (Lipinski definition) is 0. The fraction of sp³-hybridized carbons (Fsp3) is 0.333. The van der Waals surface area contributed by atoms with Crippen molar-refractivity contribution in [2.45, 2.75) is 18.2 Å². The molecule has 0 saturated heterocycles. The van der Waals surface area contributed by atoms with E-state index in [4.69, 9.17) is 5.26 Å². The third-order valence-electron chi connectivity index (χ3n) is 2.58. The Bertz CT molecular complexity index is 721. The summed E-state index contributed by atoms with van der Waals surface area (Å²) in [6.07, 6.45) is 0.119. The minimum Gasteiger partial charge on any atom is -0.207 e. The molecule has 0 aromatic heterocycles. The van der Waals surface area contributed by atoms with Gasteiger partial charge >= 0.3 is 0 Å². The molecular weight excluding hydrogens is 300 g/mol. The quantitative estimate of drug-likeness (QED) is 0.718. The van der Waals surface area contributed by atoms with Crippen LogP contribution in [-0.2, 0) is 20.3 Å². The smallest absolute Gasteiger partial charge is 0.207 e. The molecule has 0 aliphatic rings. The van der Waals surface area contributed by atoms with Crippen molar-refractivity contribution in [3.8, 4) is 6.07 Å². The highest BCUT2D eigenvalue weighted by molar-refractivity contribution is 7.89. The van der Waals surface area contributed by atoms with Crippen molar-refractivity contribution in [2.24, 2.45) is 0 Å². The Morgan fingerprint density at radius 1 is 1.30 bits per heavy atom. The van der Waals surface area contributed by atoms with Crippen LogP contribution >= 0.6 is 0 Å². The Hall–Kier alpha value is -1.69. The van der Waals surface area contributed by atoms with Crippen LogP contribution in [0.1, 0.15) is 18.9 Å². The first-order chi connectivity index (χ1) is 9.41. The first-order valence-electron chi connectivity index (χ1n) is 5.82. The molecule has 20 heavy (non-hydrogen) atoms. The lowest BCUT2D eigenvalue weighted by Gasteiger charge is -2.19. The van der Waals surface area contributed by atoms with Gasteiger partial charge in [-0.15, -0.1) is 0 Å². The first kappa shape index (κ1) is 16.4. The van der Waals surface area contributed by atoms with Crippen molar-refractivity contribution in [1.29, 1.82) is 5.26 Å². The number of benzene rings is 1. The number of sulfonamides is 1. The van der Waals surface area contributed by atoms with Crippen LogP contribution in [0.2, 0.25) is 0 Å². The third-order valence-corrected chi connectivity index (χ3v) is 5.03. The average Bonchev–Trinajstić information content (AvgIpc) is 2.39. The van der Waals surface area contributed by atoms with E-state index < -0.39 is 20.3 Å². The molecule has 0 saturated carbocycles. The van der Waals surface area contributed by atoms with Gasteiger partial charge in [-0.05, 0) is 17.7 Å². The monoisotopic (exact) mass is 314 g/mol. The van der Waals surface area contributed by atoms with Gasteiger partial charge in [-0.3, -0.25) is 0 Å². The summed E-state index contributed by atoms with van der Waals surface area (Å²) in [5.74, 6) is 0. The molecule has 0 aliphatic heterocycles. The van der Waals surface area contributed by atoms with Crippen molar-refractivity contribution < 1.29 is 16.8 Å². The standard InChI is InChI=1S/C12H14N2O4S2/c1-2-14(9-3-8-13)20(17,18)12-6-4-11(5-7-12)10-19(15)16/h4-7,10H,2-3,9H2,1H3. The van der Waals surface area contributed by atoms with Crippen molar-refractivity contribution in [3.63, 3.8) is 0 Å². The molecule has 8 heteroatoms. The van der Waals surface area contributed by atoms with Crippen LogP contribution in [0.15, 0.2) is 29.2 Å². The maximum atomic E-state index is 12.3. The third kappa shape index (κ3) is 4.16. The van der Waals surface area contributed by atoms with E-state index in [9.17, 15) is 16.8 Å². The molecule has 0 N–H and O–H groups in total. The van der Waals surface area contributed by atoms with E-state index in [1.165, 1.54) is 28.6 Å². The second-order valence-corrected chi connectivity index (χ2v) is 6.55. The molecule has 0 unspecified atom stereocenters. The van der Waals surface area contributed by atoms with Crippen molar-refractivity contribution in [3.05, 3.63) is 29.8 Å². The zero-order chi connectivity index (χ0) is 15.2. The summed E-state index contributed by atoms with van der Waals surface area (Å²) in [5, 5.41) is 9.52. The van der Waals surface area contributed by atoms with E-state index in [1.807, 2.05) is 6.07 Å². The fourth-order valence-corrected chi connectivity index (χ4v) is 3.43. The number of rotatable bonds is 6. The molecule has 1 aromatic carbocycles. The summed E-state index contributed by atoms with van der Waals surface area (Å²) in [6.45, 7) is 2.09. The first-order valence-corrected chi connectivity index (χ1v) is 8.39. The molecule has 6 nitrogen and oxygen atoms in total. The fourth-order valence-electron chi connectivity index (χ4n) is 1.60. The normalized spacial score (nSPS) is 11.1. The summed E-state index contributed by atoms with van der Waals surface area (Å²) in [5.41, 5.74) is 0.400. The van der Waals surface area contributed by atoms with Gasteiger partial charge in [0.2, 0.25) is 20.3 Å². The molecule has 0 spiro atoms. The predicted molar refractivity (Wildman–Crippen MR) is 75.2 cm³/mol. The molecule has 0 fully saturated rings. The van der Waals surface area contributed by atoms with E-state index in [-0.39, 0.29) is 24.4 Å². The highest BCUT2D eigenvalue weighted by Crippen LogP contribution is 2.16. The maximum absolute atomic E-state index is 12.3. The topological polar surface area (TPSA) is 95.3 Å². The van der Waals surface area contributed by atoms with Crippen LogP contribution < -0.4 is 0 Å². The van der Waals surface area contributed by atoms with Crippen LogP contribution in [0.5, 0.6) is 0 Å². The SMILES string of the molecule is CCN(CCC#N)S(=O)(=O)c1ccc(C=S(=O)=O)cc1. The summed E-state index contributed by atoms with van der Waals surface area (Å²) < 4.78 is 46.8. The van der Waals surface area contributed by atoms with Gasteiger partial charge in [0.1, 0.15) is 0 Å². The van der Waals surface area contributed by atoms with E-state index in [0.717, 1.165) is 5.37 Å². The van der Waals surface area contributed by atoms with Crippen LogP contribution in [-0.4, -0.2) is 39.6 Å². The van der Waals surface area contributed by atoms with Crippen LogP contribution in [0.3, 0.4) is 0 Å². The Kier molecular flexibility index (Phi) is 5.88. The lowest BCUT2D eigenvalue weighted by Crippen LogP contribution is -2.31. The molecule has 0 bridgehead atoms. The molecule has 108 valence electrons. The zero-order valence-corrected chi connectivity index (χ0v) is 12.5. The molecule has 0 atom stereocenters. The van der Waals surface area contributed by atoms with Crippen molar-refractivity contribution in [1.82, 2.24) is 4.31 Å². The van der Waals surface area contributed by atoms with Gasteiger partial charge in [-0.25, -0.2) is 8.42 Å². The van der Waals surface area contributed by atoms with Crippen molar-refractivity contribution >= 4 is 25.7 Å². The second-order valence-electron chi connectivity index (χ2n) is 3.85. The van der Waals surface area contributed by atoms with Crippen LogP contribution in [0.25, 0.3) is 0 Å². The second kappa shape index (κ2) is 7.19. The molecule has 0 radical (unpaired) electrons. The summed E-state index contributed by atoms with van der Waals surface area (Å²) in [7, 11) is -5.98. The van der Waals surface area contributed by atoms with Gasteiger partial charge in [0, 0.05) is 19.5 Å². The molecule has 0 heterocycles. The van der Waals surface area contributed by atoms with E-state index >= 15 is 0 Å². The lowest BCUT2D eigenvalue weighted by atomic mass is 10.2. The maximum Gasteiger partial charge on any atom is 0.243 e.